The highest BCUT2D eigenvalue weighted by Crippen LogP contribution is 2.31. The predicted octanol–water partition coefficient (Wildman–Crippen LogP) is 0.311. The fourth-order valence-corrected chi connectivity index (χ4v) is 2.49. The smallest absolute Gasteiger partial charge is 0.303 e. The van der Waals surface area contributed by atoms with E-state index in [0.717, 1.165) is 0 Å². The van der Waals surface area contributed by atoms with E-state index >= 15 is 0 Å². The van der Waals surface area contributed by atoms with E-state index in [4.69, 9.17) is 11.5 Å². The minimum absolute atomic E-state index is 0.118. The van der Waals surface area contributed by atoms with Crippen LogP contribution in [0.2, 0.25) is 0 Å². The van der Waals surface area contributed by atoms with Gasteiger partial charge in [-0.1, -0.05) is 0 Å². The van der Waals surface area contributed by atoms with Crippen LogP contribution in [-0.2, 0) is 14.3 Å². The minimum atomic E-state index is -0.738. The number of nitrogens with one attached hydrogen (secondary N) is 1. The number of anilines is 1. The Hall–Kier alpha value is -2.90. The molecule has 124 valence electrons. The Kier molecular flexibility index (Phi) is 5.45. The van der Waals surface area contributed by atoms with E-state index in [9.17, 15) is 19.2 Å². The molecule has 0 unspecified atom stereocenters. The summed E-state index contributed by atoms with van der Waals surface area (Å²) < 4.78 is 4.60. The average molecular weight is 321 g/mol. The second-order valence-electron chi connectivity index (χ2n) is 5.06. The molecule has 0 aromatic heterocycles. The van der Waals surface area contributed by atoms with Crippen molar-refractivity contribution in [1.82, 2.24) is 0 Å². The number of carbonyl (C=O) groups excluding carboxylic acids is 4. The number of ether oxygens (including phenoxy) is 1. The third-order valence-electron chi connectivity index (χ3n) is 3.41. The van der Waals surface area contributed by atoms with Gasteiger partial charge in [-0.3, -0.25) is 19.2 Å². The average Bonchev–Trinajstić information content (AvgIpc) is 2.40. The first kappa shape index (κ1) is 18.1. The molecular formula is C15H19N3O5. The maximum atomic E-state index is 11.8. The van der Waals surface area contributed by atoms with E-state index in [2.05, 4.69) is 10.1 Å². The highest BCUT2D eigenvalue weighted by molar-refractivity contribution is 6.07. The lowest BCUT2D eigenvalue weighted by Crippen LogP contribution is -2.26. The zero-order valence-electron chi connectivity index (χ0n) is 13.4. The SMILES string of the molecule is CC(=O)OCC(=O)Nc1c(C)c(C(N)=O)c(C)c(C(N)=O)c1C. The third kappa shape index (κ3) is 3.85. The molecule has 0 aliphatic heterocycles. The molecule has 23 heavy (non-hydrogen) atoms. The largest absolute Gasteiger partial charge is 0.456 e. The third-order valence-corrected chi connectivity index (χ3v) is 3.41. The summed E-state index contributed by atoms with van der Waals surface area (Å²) in [5.41, 5.74) is 12.4. The first-order valence-corrected chi connectivity index (χ1v) is 6.74. The Labute approximate surface area is 133 Å². The van der Waals surface area contributed by atoms with E-state index in [1.165, 1.54) is 6.92 Å². The highest BCUT2D eigenvalue weighted by atomic mass is 16.5. The minimum Gasteiger partial charge on any atom is -0.456 e. The Morgan fingerprint density at radius 3 is 1.70 bits per heavy atom. The summed E-state index contributed by atoms with van der Waals surface area (Å²) in [5.74, 6) is -2.69. The zero-order valence-corrected chi connectivity index (χ0v) is 13.4. The molecular weight excluding hydrogens is 302 g/mol. The number of hydrogen-bond donors (Lipinski definition) is 3. The maximum Gasteiger partial charge on any atom is 0.303 e. The lowest BCUT2D eigenvalue weighted by Gasteiger charge is -2.19. The monoisotopic (exact) mass is 321 g/mol. The number of hydrogen-bond acceptors (Lipinski definition) is 5. The van der Waals surface area contributed by atoms with E-state index in [-0.39, 0.29) is 16.8 Å². The molecule has 3 amide bonds. The molecule has 0 spiro atoms. The first-order valence-electron chi connectivity index (χ1n) is 6.74. The van der Waals surface area contributed by atoms with Crippen LogP contribution >= 0.6 is 0 Å². The maximum absolute atomic E-state index is 11.8. The molecule has 8 nitrogen and oxygen atoms in total. The molecule has 1 aromatic carbocycles. The van der Waals surface area contributed by atoms with Crippen LogP contribution in [0, 0.1) is 20.8 Å². The molecule has 0 aliphatic carbocycles. The quantitative estimate of drug-likeness (QED) is 0.669. The second-order valence-corrected chi connectivity index (χ2v) is 5.06. The van der Waals surface area contributed by atoms with Gasteiger partial charge in [0.15, 0.2) is 6.61 Å². The molecule has 8 heteroatoms. The molecule has 0 fully saturated rings. The van der Waals surface area contributed by atoms with Crippen molar-refractivity contribution in [3.63, 3.8) is 0 Å². The Balaban J connectivity index is 3.42. The van der Waals surface area contributed by atoms with Crippen molar-refractivity contribution < 1.29 is 23.9 Å². The molecule has 0 bridgehead atoms. The first-order chi connectivity index (χ1) is 10.6. The van der Waals surface area contributed by atoms with Gasteiger partial charge in [-0.2, -0.15) is 0 Å². The summed E-state index contributed by atoms with van der Waals surface area (Å²) >= 11 is 0. The number of benzene rings is 1. The second kappa shape index (κ2) is 6.91. The summed E-state index contributed by atoms with van der Waals surface area (Å²) in [4.78, 5) is 45.9. The van der Waals surface area contributed by atoms with E-state index in [1.807, 2.05) is 0 Å². The summed E-state index contributed by atoms with van der Waals surface area (Å²) in [6.07, 6.45) is 0. The number of carbonyl (C=O) groups is 4. The lowest BCUT2D eigenvalue weighted by molar-refractivity contribution is -0.144. The van der Waals surface area contributed by atoms with Crippen LogP contribution in [0.4, 0.5) is 5.69 Å². The van der Waals surface area contributed by atoms with Crippen molar-refractivity contribution >= 4 is 29.4 Å². The van der Waals surface area contributed by atoms with Crippen LogP contribution < -0.4 is 16.8 Å². The van der Waals surface area contributed by atoms with Crippen molar-refractivity contribution in [3.8, 4) is 0 Å². The summed E-state index contributed by atoms with van der Waals surface area (Å²) in [5, 5.41) is 2.52. The Bertz CT molecular complexity index is 669. The van der Waals surface area contributed by atoms with Crippen LogP contribution in [0.25, 0.3) is 0 Å². The van der Waals surface area contributed by atoms with Gasteiger partial charge in [-0.15, -0.1) is 0 Å². The van der Waals surface area contributed by atoms with Crippen LogP contribution in [0.1, 0.15) is 44.3 Å². The highest BCUT2D eigenvalue weighted by Gasteiger charge is 2.23. The summed E-state index contributed by atoms with van der Waals surface area (Å²) in [7, 11) is 0. The molecule has 0 radical (unpaired) electrons. The number of nitrogens with two attached hydrogens (primary N) is 2. The fraction of sp³-hybridized carbons (Fsp3) is 0.333. The van der Waals surface area contributed by atoms with Crippen molar-refractivity contribution in [1.29, 1.82) is 0 Å². The Morgan fingerprint density at radius 1 is 0.913 bits per heavy atom. The molecule has 0 saturated carbocycles. The number of primary amides is 2. The number of esters is 1. The van der Waals surface area contributed by atoms with E-state index in [1.54, 1.807) is 20.8 Å². The molecule has 0 heterocycles. The van der Waals surface area contributed by atoms with Crippen molar-refractivity contribution in [2.45, 2.75) is 27.7 Å². The van der Waals surface area contributed by atoms with Gasteiger partial charge in [0.1, 0.15) is 0 Å². The van der Waals surface area contributed by atoms with E-state index in [0.29, 0.717) is 16.7 Å². The van der Waals surface area contributed by atoms with Crippen molar-refractivity contribution in [2.75, 3.05) is 11.9 Å². The standard InChI is InChI=1S/C15H19N3O5/c1-6-11(14(16)21)7(2)13(8(3)12(6)15(17)22)18-10(20)5-23-9(4)19/h5H2,1-4H3,(H2,16,21)(H2,17,22)(H,18,20). The molecule has 0 saturated heterocycles. The molecule has 0 aliphatic rings. The molecule has 1 rings (SSSR count). The van der Waals surface area contributed by atoms with Crippen molar-refractivity contribution in [2.24, 2.45) is 11.5 Å². The lowest BCUT2D eigenvalue weighted by atomic mass is 9.90. The predicted molar refractivity (Wildman–Crippen MR) is 83.0 cm³/mol. The van der Waals surface area contributed by atoms with Gasteiger partial charge in [0, 0.05) is 23.7 Å². The van der Waals surface area contributed by atoms with Crippen LogP contribution in [-0.4, -0.2) is 30.3 Å². The van der Waals surface area contributed by atoms with Gasteiger partial charge in [-0.05, 0) is 37.5 Å². The normalized spacial score (nSPS) is 10.1. The molecule has 1 aromatic rings. The van der Waals surface area contributed by atoms with Gasteiger partial charge in [0.25, 0.3) is 5.91 Å². The summed E-state index contributed by atoms with van der Waals surface area (Å²) in [6.45, 7) is 5.43. The molecule has 0 atom stereocenters. The molecule has 5 N–H and O–H groups in total. The topological polar surface area (TPSA) is 142 Å². The van der Waals surface area contributed by atoms with Gasteiger partial charge in [0.05, 0.1) is 0 Å². The van der Waals surface area contributed by atoms with Gasteiger partial charge in [0.2, 0.25) is 11.8 Å². The van der Waals surface area contributed by atoms with Gasteiger partial charge < -0.3 is 21.5 Å². The number of amides is 3. The van der Waals surface area contributed by atoms with Gasteiger partial charge in [-0.25, -0.2) is 0 Å². The van der Waals surface area contributed by atoms with Gasteiger partial charge >= 0.3 is 5.97 Å². The van der Waals surface area contributed by atoms with Crippen LogP contribution in [0.5, 0.6) is 0 Å². The number of rotatable bonds is 5. The summed E-state index contributed by atoms with van der Waals surface area (Å²) in [6, 6.07) is 0. The fourth-order valence-electron chi connectivity index (χ4n) is 2.49. The zero-order chi connectivity index (χ0) is 17.9. The van der Waals surface area contributed by atoms with Crippen LogP contribution in [0.15, 0.2) is 0 Å². The van der Waals surface area contributed by atoms with Crippen LogP contribution in [0.3, 0.4) is 0 Å². The van der Waals surface area contributed by atoms with Crippen molar-refractivity contribution in [3.05, 3.63) is 27.8 Å². The Morgan fingerprint density at radius 2 is 1.35 bits per heavy atom. The van der Waals surface area contributed by atoms with E-state index < -0.39 is 30.3 Å².